The Kier molecular flexibility index (Phi) is 9.25. The van der Waals surface area contributed by atoms with Crippen LogP contribution in [-0.4, -0.2) is 24.1 Å². The second kappa shape index (κ2) is 10.2. The minimum atomic E-state index is -0.665. The molecule has 0 heterocycles. The van der Waals surface area contributed by atoms with Gasteiger partial charge in [0.25, 0.3) is 0 Å². The number of hydrogen-bond acceptors (Lipinski definition) is 4. The van der Waals surface area contributed by atoms with Crippen molar-refractivity contribution in [2.75, 3.05) is 0 Å². The van der Waals surface area contributed by atoms with Crippen molar-refractivity contribution in [3.63, 3.8) is 0 Å². The third-order valence-electron chi connectivity index (χ3n) is 2.30. The van der Waals surface area contributed by atoms with Crippen molar-refractivity contribution in [1.82, 2.24) is 0 Å². The van der Waals surface area contributed by atoms with Crippen molar-refractivity contribution in [3.8, 4) is 11.8 Å². The minimum Gasteiger partial charge on any atom is -0.457 e. The van der Waals surface area contributed by atoms with E-state index in [0.717, 1.165) is 19.3 Å². The van der Waals surface area contributed by atoms with Crippen molar-refractivity contribution < 1.29 is 19.1 Å². The Hall–Kier alpha value is -1.76. The fraction of sp³-hybridized carbons (Fsp3) is 0.600. The molecule has 0 radical (unpaired) electrons. The Labute approximate surface area is 115 Å². The number of ether oxygens (including phenoxy) is 2. The molecule has 0 rings (SSSR count). The molecule has 0 aromatic carbocycles. The third kappa shape index (κ3) is 8.90. The van der Waals surface area contributed by atoms with Crippen LogP contribution in [0.15, 0.2) is 12.7 Å². The summed E-state index contributed by atoms with van der Waals surface area (Å²) in [6, 6.07) is 0. The Balaban J connectivity index is 4.57. The van der Waals surface area contributed by atoms with E-state index >= 15 is 0 Å². The van der Waals surface area contributed by atoms with Gasteiger partial charge >= 0.3 is 11.9 Å². The van der Waals surface area contributed by atoms with Crippen LogP contribution >= 0.6 is 0 Å². The van der Waals surface area contributed by atoms with Gasteiger partial charge in [0.2, 0.25) is 0 Å². The first-order valence-electron chi connectivity index (χ1n) is 6.44. The van der Waals surface area contributed by atoms with Gasteiger partial charge in [-0.15, -0.1) is 5.92 Å². The zero-order valence-electron chi connectivity index (χ0n) is 11.9. The molecular weight excluding hydrogens is 244 g/mol. The fourth-order valence-corrected chi connectivity index (χ4v) is 1.43. The molecule has 4 heteroatoms. The lowest BCUT2D eigenvalue weighted by atomic mass is 10.1. The second-order valence-corrected chi connectivity index (χ2v) is 4.12. The average molecular weight is 266 g/mol. The number of hydrogen-bond donors (Lipinski definition) is 0. The fourth-order valence-electron chi connectivity index (χ4n) is 1.43. The van der Waals surface area contributed by atoms with Gasteiger partial charge in [0, 0.05) is 20.3 Å². The van der Waals surface area contributed by atoms with Crippen LogP contribution in [0.3, 0.4) is 0 Å². The topological polar surface area (TPSA) is 52.6 Å². The quantitative estimate of drug-likeness (QED) is 0.307. The van der Waals surface area contributed by atoms with Gasteiger partial charge in [-0.1, -0.05) is 25.8 Å². The molecule has 0 unspecified atom stereocenters. The van der Waals surface area contributed by atoms with E-state index in [4.69, 9.17) is 9.47 Å². The largest absolute Gasteiger partial charge is 0.457 e. The van der Waals surface area contributed by atoms with Gasteiger partial charge in [0.15, 0.2) is 12.2 Å². The minimum absolute atomic E-state index is 0.327. The Bertz CT molecular complexity index is 362. The molecular formula is C15H22O4. The lowest BCUT2D eigenvalue weighted by Gasteiger charge is -2.22. The maximum atomic E-state index is 11.1. The van der Waals surface area contributed by atoms with E-state index in [0.29, 0.717) is 6.42 Å². The number of unbranched alkanes of at least 4 members (excludes halogenated alkanes) is 2. The van der Waals surface area contributed by atoms with Crippen LogP contribution in [-0.2, 0) is 19.1 Å². The molecule has 19 heavy (non-hydrogen) atoms. The van der Waals surface area contributed by atoms with Crippen molar-refractivity contribution in [1.29, 1.82) is 0 Å². The van der Waals surface area contributed by atoms with E-state index in [1.807, 2.05) is 0 Å². The molecule has 0 N–H and O–H groups in total. The summed E-state index contributed by atoms with van der Waals surface area (Å²) in [6.45, 7) is 8.29. The van der Waals surface area contributed by atoms with Crippen LogP contribution in [0, 0.1) is 11.8 Å². The highest BCUT2D eigenvalue weighted by Crippen LogP contribution is 2.10. The molecule has 0 aliphatic rings. The molecule has 2 atom stereocenters. The molecule has 0 aromatic heterocycles. The molecule has 0 amide bonds. The SMILES string of the molecule is C=C[C@H](OC(C)=O)[C@H](CC#CCCCC)OC(C)=O. The van der Waals surface area contributed by atoms with Gasteiger partial charge in [-0.2, -0.15) is 0 Å². The number of rotatable bonds is 7. The molecule has 0 saturated heterocycles. The average Bonchev–Trinajstić information content (AvgIpc) is 2.33. The second-order valence-electron chi connectivity index (χ2n) is 4.12. The van der Waals surface area contributed by atoms with E-state index in [1.165, 1.54) is 19.9 Å². The first-order chi connectivity index (χ1) is 9.01. The van der Waals surface area contributed by atoms with Crippen LogP contribution in [0.5, 0.6) is 0 Å². The monoisotopic (exact) mass is 266 g/mol. The third-order valence-corrected chi connectivity index (χ3v) is 2.30. The molecule has 0 aromatic rings. The molecule has 0 bridgehead atoms. The number of esters is 2. The van der Waals surface area contributed by atoms with Gasteiger partial charge < -0.3 is 9.47 Å². The molecule has 0 aliphatic heterocycles. The van der Waals surface area contributed by atoms with E-state index < -0.39 is 24.1 Å². The van der Waals surface area contributed by atoms with Crippen molar-refractivity contribution in [2.24, 2.45) is 0 Å². The molecule has 106 valence electrons. The van der Waals surface area contributed by atoms with Crippen molar-refractivity contribution >= 4 is 11.9 Å². The first kappa shape index (κ1) is 17.2. The predicted octanol–water partition coefficient (Wildman–Crippen LogP) is 2.62. The van der Waals surface area contributed by atoms with Crippen molar-refractivity contribution in [3.05, 3.63) is 12.7 Å². The highest BCUT2D eigenvalue weighted by molar-refractivity contribution is 5.67. The summed E-state index contributed by atoms with van der Waals surface area (Å²) < 4.78 is 10.2. The summed E-state index contributed by atoms with van der Waals surface area (Å²) >= 11 is 0. The first-order valence-corrected chi connectivity index (χ1v) is 6.44. The molecule has 0 spiro atoms. The summed E-state index contributed by atoms with van der Waals surface area (Å²) in [6.07, 6.45) is 3.45. The van der Waals surface area contributed by atoms with E-state index in [2.05, 4.69) is 25.3 Å². The number of carbonyl (C=O) groups is 2. The summed E-state index contributed by atoms with van der Waals surface area (Å²) in [7, 11) is 0. The Morgan fingerprint density at radius 1 is 1.21 bits per heavy atom. The maximum Gasteiger partial charge on any atom is 0.303 e. The van der Waals surface area contributed by atoms with Crippen LogP contribution in [0.2, 0.25) is 0 Å². The van der Waals surface area contributed by atoms with E-state index in [1.54, 1.807) is 0 Å². The zero-order chi connectivity index (χ0) is 14.7. The van der Waals surface area contributed by atoms with Crippen LogP contribution < -0.4 is 0 Å². The van der Waals surface area contributed by atoms with Gasteiger partial charge in [-0.3, -0.25) is 9.59 Å². The van der Waals surface area contributed by atoms with Crippen molar-refractivity contribution in [2.45, 2.75) is 58.7 Å². The standard InChI is InChI=1S/C15H22O4/c1-5-7-8-9-10-11-15(19-13(4)17)14(6-2)18-12(3)16/h6,14-15H,2,5,7-8,11H2,1,3-4H3/t14-,15-/m0/s1. The Morgan fingerprint density at radius 3 is 2.32 bits per heavy atom. The van der Waals surface area contributed by atoms with Crippen LogP contribution in [0.4, 0.5) is 0 Å². The van der Waals surface area contributed by atoms with Gasteiger partial charge in [-0.25, -0.2) is 0 Å². The van der Waals surface area contributed by atoms with Gasteiger partial charge in [0.05, 0.1) is 6.42 Å². The van der Waals surface area contributed by atoms with Gasteiger partial charge in [-0.05, 0) is 12.5 Å². The lowest BCUT2D eigenvalue weighted by Crippen LogP contribution is -2.32. The van der Waals surface area contributed by atoms with E-state index in [-0.39, 0.29) is 0 Å². The maximum absolute atomic E-state index is 11.1. The summed E-state index contributed by atoms with van der Waals surface area (Å²) in [5, 5.41) is 0. The summed E-state index contributed by atoms with van der Waals surface area (Å²) in [5.41, 5.74) is 0. The number of carbonyl (C=O) groups excluding carboxylic acids is 2. The van der Waals surface area contributed by atoms with E-state index in [9.17, 15) is 9.59 Å². The lowest BCUT2D eigenvalue weighted by molar-refractivity contribution is -0.161. The zero-order valence-corrected chi connectivity index (χ0v) is 11.9. The normalized spacial score (nSPS) is 12.6. The van der Waals surface area contributed by atoms with Crippen LogP contribution in [0.1, 0.15) is 46.5 Å². The molecule has 0 saturated carbocycles. The molecule has 0 aliphatic carbocycles. The highest BCUT2D eigenvalue weighted by Gasteiger charge is 2.23. The smallest absolute Gasteiger partial charge is 0.303 e. The highest BCUT2D eigenvalue weighted by atomic mass is 16.6. The van der Waals surface area contributed by atoms with Crippen LogP contribution in [0.25, 0.3) is 0 Å². The summed E-state index contributed by atoms with van der Waals surface area (Å²) in [4.78, 5) is 22.0. The Morgan fingerprint density at radius 2 is 1.84 bits per heavy atom. The molecule has 4 nitrogen and oxygen atoms in total. The summed E-state index contributed by atoms with van der Waals surface area (Å²) in [5.74, 6) is 5.08. The van der Waals surface area contributed by atoms with Gasteiger partial charge in [0.1, 0.15) is 0 Å². The predicted molar refractivity (Wildman–Crippen MR) is 73.2 cm³/mol. The molecule has 0 fully saturated rings.